The molecule has 4 aromatic rings. The smallest absolute Gasteiger partial charge is 0.351 e. The Hall–Kier alpha value is -3.35. The molecule has 0 radical (unpaired) electrons. The highest BCUT2D eigenvalue weighted by Crippen LogP contribution is 2.38. The van der Waals surface area contributed by atoms with Crippen LogP contribution in [0.25, 0.3) is 28.1 Å². The first-order valence-electron chi connectivity index (χ1n) is 8.84. The fourth-order valence-corrected chi connectivity index (χ4v) is 3.48. The molecule has 1 aromatic carbocycles. The average molecular weight is 404 g/mol. The lowest BCUT2D eigenvalue weighted by atomic mass is 10.0. The number of fused-ring (bicyclic) bond motifs is 3. The quantitative estimate of drug-likeness (QED) is 0.532. The predicted molar refractivity (Wildman–Crippen MR) is 96.2 cm³/mol. The third kappa shape index (κ3) is 2.93. The van der Waals surface area contributed by atoms with E-state index in [0.717, 1.165) is 25.5 Å². The molecule has 1 saturated heterocycles. The molecular weight excluding hydrogens is 389 g/mol. The number of piperazine rings is 1. The summed E-state index contributed by atoms with van der Waals surface area (Å²) in [6.07, 6.45) is -3.44. The van der Waals surface area contributed by atoms with Crippen molar-refractivity contribution in [2.75, 3.05) is 38.1 Å². The van der Waals surface area contributed by atoms with Crippen LogP contribution in [0.3, 0.4) is 0 Å². The van der Waals surface area contributed by atoms with E-state index in [-0.39, 0.29) is 16.9 Å². The maximum absolute atomic E-state index is 13.8. The normalized spacial score (nSPS) is 16.2. The summed E-state index contributed by atoms with van der Waals surface area (Å²) in [5.74, 6) is 0.472. The molecule has 0 amide bonds. The van der Waals surface area contributed by atoms with Gasteiger partial charge in [-0.05, 0) is 29.6 Å². The Bertz CT molecular complexity index is 1180. The van der Waals surface area contributed by atoms with E-state index >= 15 is 0 Å². The molecule has 1 aliphatic rings. The van der Waals surface area contributed by atoms with Gasteiger partial charge in [0.25, 0.3) is 0 Å². The molecule has 0 spiro atoms. The molecule has 0 unspecified atom stereocenters. The molecule has 0 bridgehead atoms. The van der Waals surface area contributed by atoms with Crippen LogP contribution in [-0.2, 0) is 6.18 Å². The zero-order chi connectivity index (χ0) is 20.2. The van der Waals surface area contributed by atoms with Gasteiger partial charge in [-0.25, -0.2) is 9.97 Å². The van der Waals surface area contributed by atoms with E-state index in [1.807, 2.05) is 11.9 Å². The number of hydrogen-bond acceptors (Lipinski definition) is 8. The Labute approximate surface area is 161 Å². The van der Waals surface area contributed by atoms with E-state index < -0.39 is 11.7 Å². The van der Waals surface area contributed by atoms with Crippen LogP contribution in [0.2, 0.25) is 0 Å². The van der Waals surface area contributed by atoms with Crippen molar-refractivity contribution in [3.63, 3.8) is 0 Å². The van der Waals surface area contributed by atoms with E-state index in [2.05, 4.69) is 40.6 Å². The standard InChI is InChI=1S/C16H15F3N10/c1-27-2-4-28(5-3-27)14-15-24-25-26-29(15)12-6-9(13-20-8-21-23-13)10(16(17,18)19)7-11(12)22-14/h6-8H,2-5H2,1H3,(H,20,21,23). The lowest BCUT2D eigenvalue weighted by Crippen LogP contribution is -2.45. The minimum atomic E-state index is -4.60. The van der Waals surface area contributed by atoms with Gasteiger partial charge in [-0.2, -0.15) is 22.8 Å². The monoisotopic (exact) mass is 404 g/mol. The van der Waals surface area contributed by atoms with Gasteiger partial charge in [0.1, 0.15) is 6.33 Å². The molecule has 13 heteroatoms. The number of nitrogens with zero attached hydrogens (tertiary/aromatic N) is 9. The summed E-state index contributed by atoms with van der Waals surface area (Å²) in [4.78, 5) is 12.5. The van der Waals surface area contributed by atoms with E-state index in [1.165, 1.54) is 10.6 Å². The van der Waals surface area contributed by atoms with Crippen LogP contribution in [0.1, 0.15) is 5.56 Å². The Kier molecular flexibility index (Phi) is 3.87. The molecule has 0 saturated carbocycles. The van der Waals surface area contributed by atoms with Crippen LogP contribution in [0.5, 0.6) is 0 Å². The van der Waals surface area contributed by atoms with Crippen molar-refractivity contribution in [2.24, 2.45) is 0 Å². The number of halogens is 3. The van der Waals surface area contributed by atoms with Crippen molar-refractivity contribution in [2.45, 2.75) is 6.18 Å². The van der Waals surface area contributed by atoms with Crippen LogP contribution >= 0.6 is 0 Å². The number of tetrazole rings is 1. The van der Waals surface area contributed by atoms with Crippen molar-refractivity contribution in [1.82, 2.24) is 45.1 Å². The predicted octanol–water partition coefficient (Wildman–Crippen LogP) is 1.23. The molecule has 10 nitrogen and oxygen atoms in total. The molecule has 5 rings (SSSR count). The zero-order valence-electron chi connectivity index (χ0n) is 15.2. The summed E-state index contributed by atoms with van der Waals surface area (Å²) < 4.78 is 42.7. The van der Waals surface area contributed by atoms with Crippen molar-refractivity contribution < 1.29 is 13.2 Å². The minimum Gasteiger partial charge on any atom is -0.351 e. The number of aromatic nitrogens is 8. The van der Waals surface area contributed by atoms with Crippen LogP contribution < -0.4 is 4.90 Å². The van der Waals surface area contributed by atoms with Crippen LogP contribution in [0, 0.1) is 0 Å². The average Bonchev–Trinajstić information content (AvgIpc) is 3.38. The third-order valence-electron chi connectivity index (χ3n) is 5.02. The second-order valence-corrected chi connectivity index (χ2v) is 6.86. The number of H-pyrrole nitrogens is 1. The number of alkyl halides is 3. The van der Waals surface area contributed by atoms with E-state index in [9.17, 15) is 13.2 Å². The SMILES string of the molecule is CN1CCN(c2nc3cc(C(F)(F)F)c(-c4ncn[nH]4)cc3n3nnnc23)CC1. The molecule has 3 aromatic heterocycles. The number of anilines is 1. The van der Waals surface area contributed by atoms with Gasteiger partial charge in [-0.15, -0.1) is 5.10 Å². The topological polar surface area (TPSA) is 104 Å². The van der Waals surface area contributed by atoms with Gasteiger partial charge in [0.05, 0.1) is 16.6 Å². The summed E-state index contributed by atoms with van der Waals surface area (Å²) in [5, 5.41) is 17.9. The highest BCUT2D eigenvalue weighted by Gasteiger charge is 2.35. The Morgan fingerprint density at radius 3 is 2.59 bits per heavy atom. The first-order valence-corrected chi connectivity index (χ1v) is 8.84. The van der Waals surface area contributed by atoms with Gasteiger partial charge in [0.15, 0.2) is 11.6 Å². The molecule has 29 heavy (non-hydrogen) atoms. The molecule has 1 N–H and O–H groups in total. The fraction of sp³-hybridized carbons (Fsp3) is 0.375. The largest absolute Gasteiger partial charge is 0.417 e. The molecule has 1 fully saturated rings. The lowest BCUT2D eigenvalue weighted by Gasteiger charge is -2.33. The summed E-state index contributed by atoms with van der Waals surface area (Å²) in [6.45, 7) is 2.98. The Morgan fingerprint density at radius 2 is 1.90 bits per heavy atom. The summed E-state index contributed by atoms with van der Waals surface area (Å²) in [6, 6.07) is 2.34. The summed E-state index contributed by atoms with van der Waals surface area (Å²) in [7, 11) is 2.01. The second kappa shape index (κ2) is 6.34. The Balaban J connectivity index is 1.76. The number of likely N-dealkylation sites (N-methyl/N-ethyl adjacent to an activating group) is 1. The highest BCUT2D eigenvalue weighted by molar-refractivity contribution is 5.87. The first-order chi connectivity index (χ1) is 13.9. The number of hydrogen-bond donors (Lipinski definition) is 1. The maximum atomic E-state index is 13.8. The first kappa shape index (κ1) is 17.7. The number of benzene rings is 1. The molecule has 0 atom stereocenters. The van der Waals surface area contributed by atoms with Crippen molar-refractivity contribution >= 4 is 22.5 Å². The van der Waals surface area contributed by atoms with E-state index in [4.69, 9.17) is 0 Å². The van der Waals surface area contributed by atoms with Gasteiger partial charge in [0, 0.05) is 31.7 Å². The Morgan fingerprint density at radius 1 is 1.10 bits per heavy atom. The molecular formula is C16H15F3N10. The van der Waals surface area contributed by atoms with Gasteiger partial charge in [-0.3, -0.25) is 5.10 Å². The van der Waals surface area contributed by atoms with Crippen LogP contribution in [-0.4, -0.2) is 78.3 Å². The number of rotatable bonds is 2. The number of aromatic amines is 1. The summed E-state index contributed by atoms with van der Waals surface area (Å²) in [5.41, 5.74) is -0.110. The van der Waals surface area contributed by atoms with Gasteiger partial charge < -0.3 is 9.80 Å². The highest BCUT2D eigenvalue weighted by atomic mass is 19.4. The van der Waals surface area contributed by atoms with Crippen molar-refractivity contribution in [3.05, 3.63) is 24.0 Å². The minimum absolute atomic E-state index is 0.00333. The van der Waals surface area contributed by atoms with Gasteiger partial charge in [0.2, 0.25) is 5.65 Å². The maximum Gasteiger partial charge on any atom is 0.417 e. The van der Waals surface area contributed by atoms with Crippen LogP contribution in [0.4, 0.5) is 19.0 Å². The molecule has 0 aliphatic carbocycles. The zero-order valence-corrected chi connectivity index (χ0v) is 15.2. The number of nitrogens with one attached hydrogen (secondary N) is 1. The third-order valence-corrected chi connectivity index (χ3v) is 5.02. The second-order valence-electron chi connectivity index (χ2n) is 6.86. The van der Waals surface area contributed by atoms with Gasteiger partial charge >= 0.3 is 6.18 Å². The van der Waals surface area contributed by atoms with Gasteiger partial charge in [-0.1, -0.05) is 0 Å². The van der Waals surface area contributed by atoms with E-state index in [0.29, 0.717) is 30.1 Å². The molecule has 1 aliphatic heterocycles. The summed E-state index contributed by atoms with van der Waals surface area (Å²) >= 11 is 0. The fourth-order valence-electron chi connectivity index (χ4n) is 3.48. The van der Waals surface area contributed by atoms with E-state index in [1.54, 1.807) is 0 Å². The van der Waals surface area contributed by atoms with Crippen molar-refractivity contribution in [3.8, 4) is 11.4 Å². The lowest BCUT2D eigenvalue weighted by molar-refractivity contribution is -0.137. The van der Waals surface area contributed by atoms with Crippen LogP contribution in [0.15, 0.2) is 18.5 Å². The molecule has 4 heterocycles. The molecule has 150 valence electrons. The van der Waals surface area contributed by atoms with Crippen molar-refractivity contribution in [1.29, 1.82) is 0 Å².